The van der Waals surface area contributed by atoms with Gasteiger partial charge in [0, 0.05) is 6.54 Å². The van der Waals surface area contributed by atoms with Gasteiger partial charge in [-0.15, -0.1) is 0 Å². The van der Waals surface area contributed by atoms with Crippen molar-refractivity contribution >= 4 is 17.7 Å². The van der Waals surface area contributed by atoms with E-state index in [1.165, 1.54) is 16.9 Å². The Morgan fingerprint density at radius 2 is 2.05 bits per heavy atom. The molecule has 0 saturated heterocycles. The van der Waals surface area contributed by atoms with Gasteiger partial charge in [-0.25, -0.2) is 0 Å². The number of nitrogens with two attached hydrogens (primary N) is 1. The molecule has 1 aromatic carbocycles. The van der Waals surface area contributed by atoms with Gasteiger partial charge >= 0.3 is 6.18 Å². The lowest BCUT2D eigenvalue weighted by atomic mass is 10.1. The molecule has 0 fully saturated rings. The smallest absolute Gasteiger partial charge is 0.368 e. The van der Waals surface area contributed by atoms with Gasteiger partial charge in [0.25, 0.3) is 5.78 Å². The van der Waals surface area contributed by atoms with Crippen molar-refractivity contribution in [2.45, 2.75) is 12.7 Å². The third-order valence-electron chi connectivity index (χ3n) is 2.87. The molecule has 22 heavy (non-hydrogen) atoms. The molecule has 0 radical (unpaired) electrons. The third kappa shape index (κ3) is 2.75. The Labute approximate surface area is 122 Å². The van der Waals surface area contributed by atoms with Gasteiger partial charge in [0.2, 0.25) is 11.9 Å². The zero-order valence-corrected chi connectivity index (χ0v) is 11.0. The first-order valence-electron chi connectivity index (χ1n) is 6.17. The van der Waals surface area contributed by atoms with Crippen LogP contribution in [-0.2, 0) is 12.7 Å². The van der Waals surface area contributed by atoms with Crippen LogP contribution >= 0.6 is 0 Å². The fourth-order valence-electron chi connectivity index (χ4n) is 1.90. The van der Waals surface area contributed by atoms with Crippen molar-refractivity contribution < 1.29 is 13.2 Å². The lowest BCUT2D eigenvalue weighted by molar-refractivity contribution is -0.137. The van der Waals surface area contributed by atoms with Crippen molar-refractivity contribution in [3.8, 4) is 0 Å². The van der Waals surface area contributed by atoms with Crippen LogP contribution in [-0.4, -0.2) is 24.6 Å². The maximum Gasteiger partial charge on any atom is 0.416 e. The van der Waals surface area contributed by atoms with Gasteiger partial charge in [-0.1, -0.05) is 12.1 Å². The fraction of sp³-hybridized carbons (Fsp3) is 0.167. The summed E-state index contributed by atoms with van der Waals surface area (Å²) in [6.45, 7) is 0.120. The predicted octanol–water partition coefficient (Wildman–Crippen LogP) is 1.73. The first-order chi connectivity index (χ1) is 10.4. The standard InChI is InChI=1S/C12H10F3N7/c13-12(14,15)8-3-1-2-7(4-8)5-17-10-20-9(16)21-11-18-6-19-22(10)11/h1-4,6H,5H2,(H3,16,17,18,19,20,21). The Morgan fingerprint density at radius 1 is 1.23 bits per heavy atom. The molecule has 0 aliphatic heterocycles. The molecular formula is C12H10F3N7. The van der Waals surface area contributed by atoms with Gasteiger partial charge in [-0.05, 0) is 17.7 Å². The summed E-state index contributed by atoms with van der Waals surface area (Å²) in [6, 6.07) is 5.00. The third-order valence-corrected chi connectivity index (χ3v) is 2.87. The van der Waals surface area contributed by atoms with Gasteiger partial charge in [0.05, 0.1) is 5.56 Å². The Kier molecular flexibility index (Phi) is 3.28. The minimum Gasteiger partial charge on any atom is -0.368 e. The number of nitrogen functional groups attached to an aromatic ring is 1. The molecule has 3 rings (SSSR count). The van der Waals surface area contributed by atoms with Gasteiger partial charge < -0.3 is 11.1 Å². The van der Waals surface area contributed by atoms with Crippen LogP contribution in [0.5, 0.6) is 0 Å². The van der Waals surface area contributed by atoms with Crippen LogP contribution in [0.2, 0.25) is 0 Å². The van der Waals surface area contributed by atoms with E-state index in [-0.39, 0.29) is 24.2 Å². The molecule has 0 amide bonds. The predicted molar refractivity (Wildman–Crippen MR) is 71.8 cm³/mol. The summed E-state index contributed by atoms with van der Waals surface area (Å²) in [5.41, 5.74) is 5.28. The van der Waals surface area contributed by atoms with Crippen LogP contribution in [0.4, 0.5) is 25.1 Å². The molecule has 0 saturated carbocycles. The number of hydrogen-bond acceptors (Lipinski definition) is 6. The number of nitrogens with one attached hydrogen (secondary N) is 1. The van der Waals surface area contributed by atoms with E-state index in [9.17, 15) is 13.2 Å². The second kappa shape index (κ2) is 5.13. The largest absolute Gasteiger partial charge is 0.416 e. The van der Waals surface area contributed by atoms with E-state index >= 15 is 0 Å². The van der Waals surface area contributed by atoms with E-state index in [0.717, 1.165) is 12.1 Å². The molecule has 0 atom stereocenters. The molecule has 7 nitrogen and oxygen atoms in total. The van der Waals surface area contributed by atoms with Crippen molar-refractivity contribution in [1.82, 2.24) is 24.6 Å². The molecule has 10 heteroatoms. The molecule has 2 aromatic heterocycles. The summed E-state index contributed by atoms with van der Waals surface area (Å²) < 4.78 is 39.3. The van der Waals surface area contributed by atoms with E-state index in [1.54, 1.807) is 6.07 Å². The SMILES string of the molecule is Nc1nc(NCc2cccc(C(F)(F)F)c2)n2ncnc2n1. The van der Waals surface area contributed by atoms with Crippen molar-refractivity contribution in [1.29, 1.82) is 0 Å². The summed E-state index contributed by atoms with van der Waals surface area (Å²) in [7, 11) is 0. The van der Waals surface area contributed by atoms with Crippen LogP contribution in [0.1, 0.15) is 11.1 Å². The molecule has 3 aromatic rings. The zero-order valence-electron chi connectivity index (χ0n) is 11.0. The lowest BCUT2D eigenvalue weighted by Gasteiger charge is -2.10. The molecule has 0 unspecified atom stereocenters. The van der Waals surface area contributed by atoms with Gasteiger partial charge in [-0.3, -0.25) is 0 Å². The van der Waals surface area contributed by atoms with E-state index in [2.05, 4.69) is 25.4 Å². The Balaban J connectivity index is 1.84. The Hall–Kier alpha value is -2.91. The average molecular weight is 309 g/mol. The van der Waals surface area contributed by atoms with Crippen molar-refractivity contribution in [2.24, 2.45) is 0 Å². The van der Waals surface area contributed by atoms with Gasteiger partial charge in [0.1, 0.15) is 6.33 Å². The number of rotatable bonds is 3. The van der Waals surface area contributed by atoms with Gasteiger partial charge in [0.15, 0.2) is 0 Å². The number of fused-ring (bicyclic) bond motifs is 1. The minimum absolute atomic E-state index is 0.00737. The zero-order chi connectivity index (χ0) is 15.7. The Bertz CT molecular complexity index is 812. The summed E-state index contributed by atoms with van der Waals surface area (Å²) in [5, 5.41) is 6.78. The number of anilines is 2. The first-order valence-corrected chi connectivity index (χ1v) is 6.17. The number of halogens is 3. The quantitative estimate of drug-likeness (QED) is 0.765. The number of hydrogen-bond donors (Lipinski definition) is 2. The molecule has 2 heterocycles. The van der Waals surface area contributed by atoms with Crippen LogP contribution in [0.25, 0.3) is 5.78 Å². The maximum absolute atomic E-state index is 12.7. The normalized spacial score (nSPS) is 11.8. The lowest BCUT2D eigenvalue weighted by Crippen LogP contribution is -2.11. The first kappa shape index (κ1) is 14.0. The highest BCUT2D eigenvalue weighted by molar-refractivity contribution is 5.42. The Morgan fingerprint density at radius 3 is 2.82 bits per heavy atom. The summed E-state index contributed by atoms with van der Waals surface area (Å²) in [6.07, 6.45) is -3.10. The topological polar surface area (TPSA) is 94.0 Å². The van der Waals surface area contributed by atoms with Crippen molar-refractivity contribution in [3.05, 3.63) is 41.7 Å². The monoisotopic (exact) mass is 309 g/mol. The second-order valence-corrected chi connectivity index (χ2v) is 4.43. The molecular weight excluding hydrogens is 299 g/mol. The van der Waals surface area contributed by atoms with Gasteiger partial charge in [-0.2, -0.15) is 37.7 Å². The van der Waals surface area contributed by atoms with Crippen LogP contribution in [0.15, 0.2) is 30.6 Å². The van der Waals surface area contributed by atoms with Crippen LogP contribution < -0.4 is 11.1 Å². The molecule has 0 aliphatic carbocycles. The molecule has 0 bridgehead atoms. The van der Waals surface area contributed by atoms with Crippen molar-refractivity contribution in [3.63, 3.8) is 0 Å². The average Bonchev–Trinajstić information content (AvgIpc) is 2.92. The number of aromatic nitrogens is 5. The van der Waals surface area contributed by atoms with E-state index in [1.807, 2.05) is 0 Å². The summed E-state index contributed by atoms with van der Waals surface area (Å²) in [5.74, 6) is 0.489. The van der Waals surface area contributed by atoms with E-state index < -0.39 is 11.7 Å². The maximum atomic E-state index is 12.7. The highest BCUT2D eigenvalue weighted by Gasteiger charge is 2.30. The van der Waals surface area contributed by atoms with Crippen LogP contribution in [0.3, 0.4) is 0 Å². The molecule has 0 spiro atoms. The van der Waals surface area contributed by atoms with Crippen LogP contribution in [0, 0.1) is 0 Å². The summed E-state index contributed by atoms with van der Waals surface area (Å²) >= 11 is 0. The number of alkyl halides is 3. The summed E-state index contributed by atoms with van der Waals surface area (Å²) in [4.78, 5) is 11.7. The fourth-order valence-corrected chi connectivity index (χ4v) is 1.90. The molecule has 114 valence electrons. The highest BCUT2D eigenvalue weighted by atomic mass is 19.4. The second-order valence-electron chi connectivity index (χ2n) is 4.43. The van der Waals surface area contributed by atoms with E-state index in [4.69, 9.17) is 5.73 Å². The number of nitrogens with zero attached hydrogens (tertiary/aromatic N) is 5. The highest BCUT2D eigenvalue weighted by Crippen LogP contribution is 2.29. The molecule has 3 N–H and O–H groups in total. The van der Waals surface area contributed by atoms with Crippen molar-refractivity contribution in [2.75, 3.05) is 11.1 Å². The molecule has 0 aliphatic rings. The minimum atomic E-state index is -4.38. The number of benzene rings is 1. The van der Waals surface area contributed by atoms with E-state index in [0.29, 0.717) is 5.56 Å².